The summed E-state index contributed by atoms with van der Waals surface area (Å²) in [5.41, 5.74) is -0.0719. The van der Waals surface area contributed by atoms with Gasteiger partial charge in [-0.05, 0) is 32.4 Å². The van der Waals surface area contributed by atoms with Crippen LogP contribution in [0, 0.1) is 0 Å². The molecule has 0 saturated carbocycles. The van der Waals surface area contributed by atoms with Gasteiger partial charge in [-0.3, -0.25) is 9.69 Å². The van der Waals surface area contributed by atoms with Crippen molar-refractivity contribution in [3.05, 3.63) is 35.6 Å². The SMILES string of the molecule is CC(C)(C)OC(=O)N[C@@H]1C(=O)N2C(C(=O)O)=C(CN3C=CN4N=CCC=C34)CS[C@@H]12. The maximum absolute atomic E-state index is 12.7. The second kappa shape index (κ2) is 7.38. The summed E-state index contributed by atoms with van der Waals surface area (Å²) < 4.78 is 5.21. The molecule has 4 aliphatic rings. The van der Waals surface area contributed by atoms with Gasteiger partial charge in [-0.25, -0.2) is 14.6 Å². The molecule has 11 heteroatoms. The first kappa shape index (κ1) is 20.3. The van der Waals surface area contributed by atoms with Crippen LogP contribution in [0.4, 0.5) is 4.79 Å². The molecule has 0 radical (unpaired) electrons. The summed E-state index contributed by atoms with van der Waals surface area (Å²) in [6.45, 7) is 5.53. The Labute approximate surface area is 177 Å². The van der Waals surface area contributed by atoms with Crippen molar-refractivity contribution in [1.82, 2.24) is 20.1 Å². The number of β-lactam (4-membered cyclic amide) rings is 1. The topological polar surface area (TPSA) is 115 Å². The van der Waals surface area contributed by atoms with Gasteiger partial charge in [0.15, 0.2) is 0 Å². The Bertz CT molecular complexity index is 919. The Morgan fingerprint density at radius 2 is 2.13 bits per heavy atom. The molecule has 2 amide bonds. The summed E-state index contributed by atoms with van der Waals surface area (Å²) in [5, 5.41) is 17.9. The van der Waals surface area contributed by atoms with E-state index < -0.39 is 35.0 Å². The number of ether oxygens (including phenoxy) is 1. The predicted molar refractivity (Wildman–Crippen MR) is 110 cm³/mol. The minimum atomic E-state index is -1.16. The number of carbonyl (C=O) groups is 3. The number of aliphatic carboxylic acids is 1. The van der Waals surface area contributed by atoms with Gasteiger partial charge < -0.3 is 20.1 Å². The Hall–Kier alpha value is -2.95. The van der Waals surface area contributed by atoms with Crippen LogP contribution < -0.4 is 5.32 Å². The zero-order valence-corrected chi connectivity index (χ0v) is 17.7. The van der Waals surface area contributed by atoms with E-state index in [1.807, 2.05) is 17.2 Å². The monoisotopic (exact) mass is 433 g/mol. The van der Waals surface area contributed by atoms with E-state index in [4.69, 9.17) is 4.74 Å². The van der Waals surface area contributed by atoms with E-state index in [1.165, 1.54) is 16.7 Å². The van der Waals surface area contributed by atoms with Gasteiger partial charge in [0.1, 0.15) is 28.5 Å². The van der Waals surface area contributed by atoms with Crippen LogP contribution in [0.3, 0.4) is 0 Å². The van der Waals surface area contributed by atoms with Gasteiger partial charge in [-0.15, -0.1) is 11.8 Å². The predicted octanol–water partition coefficient (Wildman–Crippen LogP) is 1.45. The summed E-state index contributed by atoms with van der Waals surface area (Å²) in [5.74, 6) is -0.312. The largest absolute Gasteiger partial charge is 0.477 e. The van der Waals surface area contributed by atoms with Gasteiger partial charge in [0, 0.05) is 37.3 Å². The first-order valence-electron chi connectivity index (χ1n) is 9.52. The van der Waals surface area contributed by atoms with Gasteiger partial charge in [0.05, 0.1) is 0 Å². The van der Waals surface area contributed by atoms with Gasteiger partial charge in [-0.2, -0.15) is 5.10 Å². The molecule has 30 heavy (non-hydrogen) atoms. The van der Waals surface area contributed by atoms with Crippen LogP contribution in [0.1, 0.15) is 27.2 Å². The highest BCUT2D eigenvalue weighted by molar-refractivity contribution is 8.00. The van der Waals surface area contributed by atoms with Crippen molar-refractivity contribution < 1.29 is 24.2 Å². The molecule has 0 unspecified atom stereocenters. The smallest absolute Gasteiger partial charge is 0.408 e. The van der Waals surface area contributed by atoms with E-state index in [0.717, 1.165) is 5.82 Å². The molecule has 4 aliphatic heterocycles. The molecule has 2 N–H and O–H groups in total. The average Bonchev–Trinajstić information content (AvgIpc) is 3.07. The van der Waals surface area contributed by atoms with Crippen molar-refractivity contribution in [2.75, 3.05) is 12.3 Å². The Kier molecular flexibility index (Phi) is 5.00. The molecular weight excluding hydrogens is 410 g/mol. The molecule has 4 rings (SSSR count). The van der Waals surface area contributed by atoms with E-state index >= 15 is 0 Å². The maximum Gasteiger partial charge on any atom is 0.408 e. The number of carbonyl (C=O) groups excluding carboxylic acids is 2. The molecule has 10 nitrogen and oxygen atoms in total. The standard InChI is InChI=1S/C19H23N5O5S/c1-19(2,3)29-18(28)21-13-15(25)24-14(17(26)27)11(10-30-16(13)24)9-22-7-8-23-12(22)5-4-6-20-23/h5-8,13,16H,4,9-10H2,1-3H3,(H,21,28)(H,26,27)/t13-,16+/m1/s1. The lowest BCUT2D eigenvalue weighted by Gasteiger charge is -2.49. The number of nitrogens with zero attached hydrogens (tertiary/aromatic N) is 4. The zero-order chi connectivity index (χ0) is 21.6. The molecule has 2 atom stereocenters. The molecule has 0 aromatic heterocycles. The first-order valence-corrected chi connectivity index (χ1v) is 10.6. The molecule has 0 aromatic carbocycles. The number of hydrazone groups is 1. The van der Waals surface area contributed by atoms with Crippen LogP contribution in [0.15, 0.2) is 40.7 Å². The number of fused-ring (bicyclic) bond motifs is 2. The van der Waals surface area contributed by atoms with Crippen molar-refractivity contribution in [2.24, 2.45) is 5.10 Å². The average molecular weight is 433 g/mol. The molecule has 1 saturated heterocycles. The Morgan fingerprint density at radius 1 is 1.37 bits per heavy atom. The second-order valence-electron chi connectivity index (χ2n) is 8.16. The third-order valence-electron chi connectivity index (χ3n) is 4.81. The highest BCUT2D eigenvalue weighted by atomic mass is 32.2. The van der Waals surface area contributed by atoms with Crippen molar-refractivity contribution in [3.8, 4) is 0 Å². The molecule has 0 aromatic rings. The summed E-state index contributed by atoms with van der Waals surface area (Å²) in [6.07, 6.45) is 7.44. The fourth-order valence-corrected chi connectivity index (χ4v) is 4.94. The lowest BCUT2D eigenvalue weighted by atomic mass is 10.0. The number of hydrogen-bond donors (Lipinski definition) is 2. The lowest BCUT2D eigenvalue weighted by molar-refractivity contribution is -0.149. The van der Waals surface area contributed by atoms with E-state index in [9.17, 15) is 19.5 Å². The normalized spacial score (nSPS) is 25.0. The zero-order valence-electron chi connectivity index (χ0n) is 16.9. The fourth-order valence-electron chi connectivity index (χ4n) is 3.61. The third kappa shape index (κ3) is 3.64. The Balaban J connectivity index is 1.49. The summed E-state index contributed by atoms with van der Waals surface area (Å²) in [7, 11) is 0. The molecule has 0 aliphatic carbocycles. The molecule has 0 spiro atoms. The lowest BCUT2D eigenvalue weighted by Crippen LogP contribution is -2.70. The van der Waals surface area contributed by atoms with Crippen LogP contribution in [0.25, 0.3) is 0 Å². The van der Waals surface area contributed by atoms with Crippen LogP contribution in [-0.4, -0.2) is 73.4 Å². The van der Waals surface area contributed by atoms with E-state index in [-0.39, 0.29) is 5.70 Å². The van der Waals surface area contributed by atoms with Crippen LogP contribution >= 0.6 is 11.8 Å². The van der Waals surface area contributed by atoms with Crippen LogP contribution in [-0.2, 0) is 14.3 Å². The first-order chi connectivity index (χ1) is 14.2. The van der Waals surface area contributed by atoms with Gasteiger partial charge in [0.2, 0.25) is 0 Å². The quantitative estimate of drug-likeness (QED) is 0.641. The number of alkyl carbamates (subject to hydrolysis) is 1. The minimum absolute atomic E-state index is 0.0160. The third-order valence-corrected chi connectivity index (χ3v) is 6.15. The number of allylic oxidation sites excluding steroid dienone is 1. The number of carboxylic acids is 1. The molecule has 0 bridgehead atoms. The Morgan fingerprint density at radius 3 is 2.83 bits per heavy atom. The number of carboxylic acid groups (broad SMARTS) is 1. The van der Waals surface area contributed by atoms with Gasteiger partial charge in [0.25, 0.3) is 5.91 Å². The highest BCUT2D eigenvalue weighted by Crippen LogP contribution is 2.41. The van der Waals surface area contributed by atoms with E-state index in [0.29, 0.717) is 24.3 Å². The number of thioether (sulfide) groups is 1. The minimum Gasteiger partial charge on any atom is -0.477 e. The van der Waals surface area contributed by atoms with E-state index in [1.54, 1.807) is 38.2 Å². The summed E-state index contributed by atoms with van der Waals surface area (Å²) in [6, 6.07) is -0.807. The summed E-state index contributed by atoms with van der Waals surface area (Å²) >= 11 is 1.43. The van der Waals surface area contributed by atoms with Crippen molar-refractivity contribution >= 4 is 35.9 Å². The molecule has 1 fully saturated rings. The van der Waals surface area contributed by atoms with Crippen molar-refractivity contribution in [3.63, 3.8) is 0 Å². The number of hydrogen-bond acceptors (Lipinski definition) is 8. The number of rotatable bonds is 4. The highest BCUT2D eigenvalue weighted by Gasteiger charge is 2.54. The number of nitrogens with one attached hydrogen (secondary N) is 1. The maximum atomic E-state index is 12.7. The fraction of sp³-hybridized carbons (Fsp3) is 0.474. The van der Waals surface area contributed by atoms with Crippen LogP contribution in [0.5, 0.6) is 0 Å². The van der Waals surface area contributed by atoms with Crippen molar-refractivity contribution in [1.29, 1.82) is 0 Å². The molecule has 160 valence electrons. The molecule has 4 heterocycles. The van der Waals surface area contributed by atoms with E-state index in [2.05, 4.69) is 10.4 Å². The molecular formula is C19H23N5O5S. The van der Waals surface area contributed by atoms with Gasteiger partial charge in [-0.1, -0.05) is 0 Å². The second-order valence-corrected chi connectivity index (χ2v) is 9.26. The van der Waals surface area contributed by atoms with Gasteiger partial charge >= 0.3 is 12.1 Å². The van der Waals surface area contributed by atoms with Crippen LogP contribution in [0.2, 0.25) is 0 Å². The van der Waals surface area contributed by atoms with Crippen molar-refractivity contribution in [2.45, 2.75) is 44.2 Å². The summed E-state index contributed by atoms with van der Waals surface area (Å²) in [4.78, 5) is 39.9. The number of amides is 2.